The molecule has 1 aromatic carbocycles. The molecule has 1 N–H and O–H groups in total. The third kappa shape index (κ3) is 4.45. The van der Waals surface area contributed by atoms with Crippen molar-refractivity contribution in [3.8, 4) is 17.2 Å². The number of hydrogen-bond donors (Lipinski definition) is 1. The molecule has 0 amide bonds. The van der Waals surface area contributed by atoms with Gasteiger partial charge >= 0.3 is 32.7 Å². The Morgan fingerprint density at radius 2 is 1.94 bits per heavy atom. The van der Waals surface area contributed by atoms with Crippen molar-refractivity contribution in [3.05, 3.63) is 24.6 Å². The van der Waals surface area contributed by atoms with Crippen LogP contribution in [0.25, 0.3) is 0 Å². The quantitative estimate of drug-likeness (QED) is 0.840. The second kappa shape index (κ2) is 7.90. The van der Waals surface area contributed by atoms with Crippen molar-refractivity contribution in [1.82, 2.24) is 4.90 Å². The number of benzene rings is 1. The van der Waals surface area contributed by atoms with Gasteiger partial charge in [-0.25, -0.2) is 0 Å². The van der Waals surface area contributed by atoms with Crippen molar-refractivity contribution in [1.29, 1.82) is 0 Å². The molecule has 4 nitrogen and oxygen atoms in total. The molecule has 0 aliphatic heterocycles. The summed E-state index contributed by atoms with van der Waals surface area (Å²) >= 11 is 0. The first-order valence-electron chi connectivity index (χ1n) is 5.04. The van der Waals surface area contributed by atoms with E-state index in [0.717, 1.165) is 5.56 Å². The van der Waals surface area contributed by atoms with Gasteiger partial charge in [-0.05, 0) is 7.05 Å². The smallest absolute Gasteiger partial charge is 0.507 e. The Balaban J connectivity index is 0.00000256. The summed E-state index contributed by atoms with van der Waals surface area (Å²) in [5.41, 5.74) is 0.745. The number of aromatic hydroxyl groups is 1. The molecule has 17 heavy (non-hydrogen) atoms. The Morgan fingerprint density at radius 1 is 1.29 bits per heavy atom. The molecular formula is C12H18NO3Y+2. The summed E-state index contributed by atoms with van der Waals surface area (Å²) in [7, 11) is 5.05. The van der Waals surface area contributed by atoms with Crippen molar-refractivity contribution < 1.29 is 47.3 Å². The van der Waals surface area contributed by atoms with E-state index in [4.69, 9.17) is 9.47 Å². The first kappa shape index (κ1) is 16.7. The van der Waals surface area contributed by atoms with Crippen LogP contribution in [0.2, 0.25) is 0 Å². The Bertz CT molecular complexity index is 358. The van der Waals surface area contributed by atoms with E-state index in [1.165, 1.54) is 0 Å². The third-order valence-electron chi connectivity index (χ3n) is 2.42. The minimum Gasteiger partial charge on any atom is -0.507 e. The van der Waals surface area contributed by atoms with Crippen molar-refractivity contribution in [2.75, 3.05) is 27.8 Å². The van der Waals surface area contributed by atoms with Crippen LogP contribution in [0.15, 0.2) is 12.1 Å². The second-order valence-corrected chi connectivity index (χ2v) is 3.57. The van der Waals surface area contributed by atoms with Gasteiger partial charge in [0, 0.05) is 18.7 Å². The van der Waals surface area contributed by atoms with Gasteiger partial charge < -0.3 is 26.4 Å². The molecule has 5 heteroatoms. The van der Waals surface area contributed by atoms with E-state index in [0.29, 0.717) is 24.6 Å². The predicted octanol–water partition coefficient (Wildman–Crippen LogP) is 1.67. The Morgan fingerprint density at radius 3 is 2.41 bits per heavy atom. The van der Waals surface area contributed by atoms with E-state index < -0.39 is 0 Å². The van der Waals surface area contributed by atoms with E-state index in [1.54, 1.807) is 26.4 Å². The van der Waals surface area contributed by atoms with Crippen LogP contribution in [0.4, 0.5) is 0 Å². The normalized spacial score (nSPS) is 9.94. The van der Waals surface area contributed by atoms with E-state index >= 15 is 0 Å². The molecule has 1 rings (SSSR count). The van der Waals surface area contributed by atoms with Gasteiger partial charge in [0.25, 0.3) is 0 Å². The zero-order valence-electron chi connectivity index (χ0n) is 10.6. The van der Waals surface area contributed by atoms with Crippen LogP contribution < -0.4 is 9.47 Å². The van der Waals surface area contributed by atoms with E-state index in [1.807, 2.05) is 11.9 Å². The van der Waals surface area contributed by atoms with Gasteiger partial charge in [0.1, 0.15) is 17.2 Å². The molecule has 0 atom stereocenters. The number of phenolic OH excluding ortho intramolecular Hbond substituents is 1. The fourth-order valence-electron chi connectivity index (χ4n) is 1.41. The van der Waals surface area contributed by atoms with Crippen molar-refractivity contribution >= 4 is 0 Å². The second-order valence-electron chi connectivity index (χ2n) is 3.57. The SMILES string of the molecule is [CH2-]CN(C)Cc1c(O)cc(OC)cc1OC.[Y+3]. The average Bonchev–Trinajstić information content (AvgIpc) is 2.30. The predicted molar refractivity (Wildman–Crippen MR) is 62.9 cm³/mol. The molecule has 90 valence electrons. The Labute approximate surface area is 128 Å². The summed E-state index contributed by atoms with van der Waals surface area (Å²) in [4.78, 5) is 1.98. The summed E-state index contributed by atoms with van der Waals surface area (Å²) < 4.78 is 10.3. The van der Waals surface area contributed by atoms with Crippen LogP contribution in [0.1, 0.15) is 5.56 Å². The summed E-state index contributed by atoms with van der Waals surface area (Å²) in [6, 6.07) is 3.33. The van der Waals surface area contributed by atoms with Crippen LogP contribution in [-0.2, 0) is 39.3 Å². The van der Waals surface area contributed by atoms with Gasteiger partial charge in [0.15, 0.2) is 0 Å². The van der Waals surface area contributed by atoms with E-state index in [2.05, 4.69) is 6.92 Å². The van der Waals surface area contributed by atoms with Crippen molar-refractivity contribution in [3.63, 3.8) is 0 Å². The summed E-state index contributed by atoms with van der Waals surface area (Å²) in [5, 5.41) is 9.87. The molecule has 0 radical (unpaired) electrons. The molecule has 0 unspecified atom stereocenters. The zero-order valence-corrected chi connectivity index (χ0v) is 13.4. The molecule has 0 aliphatic carbocycles. The van der Waals surface area contributed by atoms with Crippen molar-refractivity contribution in [2.24, 2.45) is 0 Å². The number of phenols is 1. The first-order valence-corrected chi connectivity index (χ1v) is 5.04. The molecule has 0 spiro atoms. The number of methoxy groups -OCH3 is 2. The van der Waals surface area contributed by atoms with Gasteiger partial charge in [-0.1, -0.05) is 0 Å². The summed E-state index contributed by atoms with van der Waals surface area (Å²) in [5.74, 6) is 1.38. The number of rotatable bonds is 5. The fourth-order valence-corrected chi connectivity index (χ4v) is 1.41. The molecule has 0 aromatic heterocycles. The van der Waals surface area contributed by atoms with E-state index in [9.17, 15) is 5.11 Å². The Hall–Kier alpha value is -0.316. The average molecular weight is 313 g/mol. The van der Waals surface area contributed by atoms with Gasteiger partial charge in [0.2, 0.25) is 0 Å². The minimum absolute atomic E-state index is 0. The maximum Gasteiger partial charge on any atom is 3.00 e. The molecule has 1 aromatic rings. The van der Waals surface area contributed by atoms with Gasteiger partial charge in [0.05, 0.1) is 19.8 Å². The summed E-state index contributed by atoms with van der Waals surface area (Å²) in [6.07, 6.45) is 0. The zero-order chi connectivity index (χ0) is 12.1. The minimum atomic E-state index is 0. The third-order valence-corrected chi connectivity index (χ3v) is 2.42. The first-order chi connectivity index (χ1) is 7.62. The van der Waals surface area contributed by atoms with Gasteiger partial charge in [-0.2, -0.15) is 0 Å². The monoisotopic (exact) mass is 313 g/mol. The molecule has 0 aliphatic rings. The molecule has 0 saturated heterocycles. The van der Waals surface area contributed by atoms with Gasteiger partial charge in [-0.15, -0.1) is 6.54 Å². The largest absolute Gasteiger partial charge is 3.00 e. The van der Waals surface area contributed by atoms with Crippen LogP contribution >= 0.6 is 0 Å². The van der Waals surface area contributed by atoms with Crippen LogP contribution in [0, 0.1) is 6.92 Å². The number of hydrogen-bond acceptors (Lipinski definition) is 4. The maximum absolute atomic E-state index is 9.87. The van der Waals surface area contributed by atoms with Crippen LogP contribution in [0.3, 0.4) is 0 Å². The maximum atomic E-state index is 9.87. The molecule has 0 saturated carbocycles. The topological polar surface area (TPSA) is 41.9 Å². The van der Waals surface area contributed by atoms with E-state index in [-0.39, 0.29) is 38.5 Å². The summed E-state index contributed by atoms with van der Waals surface area (Å²) in [6.45, 7) is 5.03. The van der Waals surface area contributed by atoms with Gasteiger partial charge in [-0.3, -0.25) is 0 Å². The van der Waals surface area contributed by atoms with Crippen LogP contribution in [0.5, 0.6) is 17.2 Å². The molecule has 0 fully saturated rings. The molecule has 0 bridgehead atoms. The fraction of sp³-hybridized carbons (Fsp3) is 0.417. The number of ether oxygens (including phenoxy) is 2. The Kier molecular flexibility index (Phi) is 7.76. The number of nitrogens with zero attached hydrogens (tertiary/aromatic N) is 1. The van der Waals surface area contributed by atoms with Crippen molar-refractivity contribution in [2.45, 2.75) is 6.54 Å². The molecular weight excluding hydrogens is 295 g/mol. The van der Waals surface area contributed by atoms with Crippen LogP contribution in [-0.4, -0.2) is 37.8 Å². The standard InChI is InChI=1S/C12H18NO3.Y/c1-5-13(2)8-10-11(14)6-9(15-3)7-12(10)16-4;/h6-7,14H,1,5,8H2,2-4H3;/q-1;+3. The molecule has 0 heterocycles.